The number of fused-ring (bicyclic) bond motifs is 3. The van der Waals surface area contributed by atoms with Crippen molar-refractivity contribution in [3.05, 3.63) is 59.7 Å². The molecule has 3 rings (SSSR count). The van der Waals surface area contributed by atoms with Crippen molar-refractivity contribution >= 4 is 18.0 Å². The van der Waals surface area contributed by atoms with Gasteiger partial charge in [0.25, 0.3) is 0 Å². The highest BCUT2D eigenvalue weighted by Crippen LogP contribution is 2.44. The standard InChI is InChI=1S/C26H32N2O5/c1-3-5-14-23(25(31)28(4-2)16-15-24(29)30)27-26(32)33-17-22-20-12-8-6-10-18(20)19-11-7-9-13-21(19)22/h6-13,22-23H,3-5,14-17H2,1-2H3,(H,27,32)(H,29,30)/t23-/m0/s1. The fraction of sp³-hybridized carbons (Fsp3) is 0.423. The van der Waals surface area contributed by atoms with Gasteiger partial charge in [0.05, 0.1) is 6.42 Å². The molecule has 0 saturated carbocycles. The summed E-state index contributed by atoms with van der Waals surface area (Å²) in [5, 5.41) is 11.7. The Kier molecular flexibility index (Phi) is 8.46. The van der Waals surface area contributed by atoms with E-state index in [0.29, 0.717) is 13.0 Å². The predicted octanol–water partition coefficient (Wildman–Crippen LogP) is 4.41. The summed E-state index contributed by atoms with van der Waals surface area (Å²) >= 11 is 0. The van der Waals surface area contributed by atoms with Gasteiger partial charge >= 0.3 is 12.1 Å². The molecule has 0 bridgehead atoms. The SMILES string of the molecule is CCCC[C@H](NC(=O)OCC1c2ccccc2-c2ccccc21)C(=O)N(CC)CCC(=O)O. The first kappa shape index (κ1) is 24.3. The van der Waals surface area contributed by atoms with E-state index in [1.165, 1.54) is 4.90 Å². The van der Waals surface area contributed by atoms with Crippen LogP contribution in [-0.2, 0) is 14.3 Å². The van der Waals surface area contributed by atoms with Crippen LogP contribution in [0, 0.1) is 0 Å². The molecule has 2 N–H and O–H groups in total. The van der Waals surface area contributed by atoms with Crippen molar-refractivity contribution in [2.24, 2.45) is 0 Å². The molecule has 33 heavy (non-hydrogen) atoms. The second-order valence-electron chi connectivity index (χ2n) is 8.23. The number of hydrogen-bond donors (Lipinski definition) is 2. The normalized spacial score (nSPS) is 13.0. The first-order valence-electron chi connectivity index (χ1n) is 11.6. The molecule has 1 aliphatic rings. The van der Waals surface area contributed by atoms with Gasteiger partial charge < -0.3 is 20.1 Å². The topological polar surface area (TPSA) is 95.9 Å². The number of aliphatic carboxylic acids is 1. The fourth-order valence-corrected chi connectivity index (χ4v) is 4.32. The third-order valence-electron chi connectivity index (χ3n) is 6.07. The fourth-order valence-electron chi connectivity index (χ4n) is 4.32. The van der Waals surface area contributed by atoms with Crippen LogP contribution in [0.3, 0.4) is 0 Å². The van der Waals surface area contributed by atoms with E-state index in [2.05, 4.69) is 29.6 Å². The smallest absolute Gasteiger partial charge is 0.407 e. The van der Waals surface area contributed by atoms with Crippen molar-refractivity contribution in [3.8, 4) is 11.1 Å². The molecule has 176 valence electrons. The van der Waals surface area contributed by atoms with Gasteiger partial charge in [0.15, 0.2) is 0 Å². The van der Waals surface area contributed by atoms with Crippen molar-refractivity contribution in [1.29, 1.82) is 0 Å². The number of carbonyl (C=O) groups is 3. The van der Waals surface area contributed by atoms with Crippen molar-refractivity contribution in [2.45, 2.75) is 51.5 Å². The largest absolute Gasteiger partial charge is 0.481 e. The maximum Gasteiger partial charge on any atom is 0.407 e. The zero-order chi connectivity index (χ0) is 23.8. The summed E-state index contributed by atoms with van der Waals surface area (Å²) < 4.78 is 5.60. The lowest BCUT2D eigenvalue weighted by Gasteiger charge is -2.26. The van der Waals surface area contributed by atoms with Gasteiger partial charge in [-0.3, -0.25) is 9.59 Å². The zero-order valence-electron chi connectivity index (χ0n) is 19.3. The number of rotatable bonds is 11. The highest BCUT2D eigenvalue weighted by molar-refractivity contribution is 5.86. The van der Waals surface area contributed by atoms with Crippen LogP contribution in [0.1, 0.15) is 56.6 Å². The average molecular weight is 453 g/mol. The summed E-state index contributed by atoms with van der Waals surface area (Å²) in [6, 6.07) is 15.5. The Balaban J connectivity index is 1.66. The molecule has 2 aromatic carbocycles. The number of alkyl carbamates (subject to hydrolysis) is 1. The van der Waals surface area contributed by atoms with Crippen molar-refractivity contribution in [1.82, 2.24) is 10.2 Å². The number of amides is 2. The Hall–Kier alpha value is -3.35. The Bertz CT molecular complexity index is 945. The third kappa shape index (κ3) is 5.92. The van der Waals surface area contributed by atoms with E-state index >= 15 is 0 Å². The lowest BCUT2D eigenvalue weighted by atomic mass is 9.98. The summed E-state index contributed by atoms with van der Waals surface area (Å²) in [4.78, 5) is 38.1. The number of benzene rings is 2. The van der Waals surface area contributed by atoms with Gasteiger partial charge in [-0.25, -0.2) is 4.79 Å². The molecule has 0 spiro atoms. The minimum absolute atomic E-state index is 0.0596. The number of likely N-dealkylation sites (N-methyl/N-ethyl adjacent to an activating group) is 1. The second-order valence-corrected chi connectivity index (χ2v) is 8.23. The molecule has 2 amide bonds. The monoisotopic (exact) mass is 452 g/mol. The minimum atomic E-state index is -0.962. The van der Waals surface area contributed by atoms with Crippen LogP contribution in [0.4, 0.5) is 4.79 Å². The molecule has 1 aliphatic carbocycles. The van der Waals surface area contributed by atoms with Crippen LogP contribution in [0.15, 0.2) is 48.5 Å². The number of carboxylic acids is 1. The summed E-state index contributed by atoms with van der Waals surface area (Å²) in [6.07, 6.45) is 1.34. The lowest BCUT2D eigenvalue weighted by Crippen LogP contribution is -2.49. The minimum Gasteiger partial charge on any atom is -0.481 e. The van der Waals surface area contributed by atoms with E-state index < -0.39 is 18.1 Å². The number of nitrogens with one attached hydrogen (secondary N) is 1. The van der Waals surface area contributed by atoms with Crippen molar-refractivity contribution in [2.75, 3.05) is 19.7 Å². The van der Waals surface area contributed by atoms with E-state index in [-0.39, 0.29) is 31.4 Å². The van der Waals surface area contributed by atoms with Crippen LogP contribution in [0.25, 0.3) is 11.1 Å². The molecule has 0 unspecified atom stereocenters. The zero-order valence-corrected chi connectivity index (χ0v) is 19.3. The molecule has 0 aromatic heterocycles. The number of ether oxygens (including phenoxy) is 1. The molecular formula is C26H32N2O5. The van der Waals surface area contributed by atoms with Crippen LogP contribution in [0.2, 0.25) is 0 Å². The van der Waals surface area contributed by atoms with Crippen LogP contribution in [-0.4, -0.2) is 53.7 Å². The number of hydrogen-bond acceptors (Lipinski definition) is 4. The Labute approximate surface area is 194 Å². The van der Waals surface area contributed by atoms with E-state index in [4.69, 9.17) is 9.84 Å². The Morgan fingerprint density at radius 1 is 1.03 bits per heavy atom. The molecule has 0 heterocycles. The first-order chi connectivity index (χ1) is 16.0. The van der Waals surface area contributed by atoms with E-state index in [0.717, 1.165) is 35.1 Å². The summed E-state index contributed by atoms with van der Waals surface area (Å²) in [6.45, 7) is 4.46. The summed E-state index contributed by atoms with van der Waals surface area (Å²) in [7, 11) is 0. The lowest BCUT2D eigenvalue weighted by molar-refractivity contribution is -0.139. The summed E-state index contributed by atoms with van der Waals surface area (Å²) in [5.74, 6) is -1.30. The molecule has 7 heteroatoms. The summed E-state index contributed by atoms with van der Waals surface area (Å²) in [5.41, 5.74) is 4.54. The Morgan fingerprint density at radius 2 is 1.64 bits per heavy atom. The van der Waals surface area contributed by atoms with Gasteiger partial charge in [-0.2, -0.15) is 0 Å². The first-order valence-corrected chi connectivity index (χ1v) is 11.6. The van der Waals surface area contributed by atoms with E-state index in [1.54, 1.807) is 6.92 Å². The highest BCUT2D eigenvalue weighted by Gasteiger charge is 2.30. The van der Waals surface area contributed by atoms with Gasteiger partial charge in [-0.05, 0) is 35.6 Å². The second kappa shape index (κ2) is 11.5. The molecular weight excluding hydrogens is 420 g/mol. The molecule has 7 nitrogen and oxygen atoms in total. The molecule has 0 fully saturated rings. The van der Waals surface area contributed by atoms with Crippen LogP contribution < -0.4 is 5.32 Å². The predicted molar refractivity (Wildman–Crippen MR) is 126 cm³/mol. The highest BCUT2D eigenvalue weighted by atomic mass is 16.5. The third-order valence-corrected chi connectivity index (χ3v) is 6.07. The quantitative estimate of drug-likeness (QED) is 0.527. The van der Waals surface area contributed by atoms with Gasteiger partial charge in [0.1, 0.15) is 12.6 Å². The Morgan fingerprint density at radius 3 is 2.18 bits per heavy atom. The molecule has 0 saturated heterocycles. The van der Waals surface area contributed by atoms with Crippen molar-refractivity contribution < 1.29 is 24.2 Å². The number of carbonyl (C=O) groups excluding carboxylic acids is 2. The maximum absolute atomic E-state index is 13.0. The number of nitrogens with zero attached hydrogens (tertiary/aromatic N) is 1. The van der Waals surface area contributed by atoms with Gasteiger partial charge in [0, 0.05) is 19.0 Å². The molecule has 1 atom stereocenters. The molecule has 2 aromatic rings. The van der Waals surface area contributed by atoms with Crippen molar-refractivity contribution in [3.63, 3.8) is 0 Å². The van der Waals surface area contributed by atoms with E-state index in [9.17, 15) is 14.4 Å². The average Bonchev–Trinajstić information content (AvgIpc) is 3.14. The molecule has 0 aliphatic heterocycles. The number of unbranched alkanes of at least 4 members (excludes halogenated alkanes) is 1. The van der Waals surface area contributed by atoms with Crippen LogP contribution >= 0.6 is 0 Å². The van der Waals surface area contributed by atoms with Gasteiger partial charge in [-0.1, -0.05) is 68.3 Å². The van der Waals surface area contributed by atoms with Crippen LogP contribution in [0.5, 0.6) is 0 Å². The van der Waals surface area contributed by atoms with Gasteiger partial charge in [0.2, 0.25) is 5.91 Å². The number of carboxylic acid groups (broad SMARTS) is 1. The van der Waals surface area contributed by atoms with Gasteiger partial charge in [-0.15, -0.1) is 0 Å². The van der Waals surface area contributed by atoms with E-state index in [1.807, 2.05) is 31.2 Å². The maximum atomic E-state index is 13.0. The molecule has 0 radical (unpaired) electrons.